The van der Waals surface area contributed by atoms with Crippen LogP contribution in [0.5, 0.6) is 5.75 Å². The Labute approximate surface area is 79.6 Å². The van der Waals surface area contributed by atoms with Gasteiger partial charge in [0.05, 0.1) is 21.1 Å². The third-order valence-corrected chi connectivity index (χ3v) is 1.68. The van der Waals surface area contributed by atoms with Gasteiger partial charge in [-0.2, -0.15) is 0 Å². The maximum absolute atomic E-state index is 5.53. The third kappa shape index (κ3) is 4.48. The lowest BCUT2D eigenvalue weighted by Gasteiger charge is -2.23. The first-order valence-corrected chi connectivity index (χ1v) is 4.41. The maximum Gasteiger partial charge on any atom is 0.137 e. The Morgan fingerprint density at radius 3 is 2.38 bits per heavy atom. The van der Waals surface area contributed by atoms with Gasteiger partial charge in [-0.3, -0.25) is 4.98 Å². The number of hydrogen-bond donors (Lipinski definition) is 0. The second-order valence-corrected chi connectivity index (χ2v) is 4.05. The lowest BCUT2D eigenvalue weighted by Crippen LogP contribution is -2.38. The Kier molecular flexibility index (Phi) is 3.25. The molecule has 13 heavy (non-hydrogen) atoms. The van der Waals surface area contributed by atoms with Crippen LogP contribution in [0.4, 0.5) is 0 Å². The number of rotatable bonds is 4. The maximum atomic E-state index is 5.53. The summed E-state index contributed by atoms with van der Waals surface area (Å²) >= 11 is 0. The Morgan fingerprint density at radius 2 is 1.85 bits per heavy atom. The molecule has 72 valence electrons. The molecule has 0 saturated carbocycles. The van der Waals surface area contributed by atoms with Crippen molar-refractivity contribution < 1.29 is 9.22 Å². The van der Waals surface area contributed by atoms with Crippen LogP contribution in [-0.4, -0.2) is 43.8 Å². The summed E-state index contributed by atoms with van der Waals surface area (Å²) in [4.78, 5) is 3.92. The summed E-state index contributed by atoms with van der Waals surface area (Å²) in [7, 11) is 6.45. The first-order valence-electron chi connectivity index (χ1n) is 4.41. The van der Waals surface area contributed by atoms with E-state index in [0.717, 1.165) is 23.4 Å². The number of nitrogens with zero attached hydrogens (tertiary/aromatic N) is 2. The molecule has 1 heterocycles. The van der Waals surface area contributed by atoms with Crippen LogP contribution in [0, 0.1) is 0 Å². The summed E-state index contributed by atoms with van der Waals surface area (Å²) < 4.78 is 6.45. The van der Waals surface area contributed by atoms with E-state index in [1.54, 1.807) is 12.4 Å². The molecule has 0 saturated heterocycles. The first-order chi connectivity index (χ1) is 6.08. The van der Waals surface area contributed by atoms with E-state index in [0.29, 0.717) is 0 Å². The van der Waals surface area contributed by atoms with E-state index < -0.39 is 0 Å². The minimum atomic E-state index is 0.744. The van der Waals surface area contributed by atoms with Gasteiger partial charge in [-0.15, -0.1) is 0 Å². The topological polar surface area (TPSA) is 22.1 Å². The first kappa shape index (κ1) is 9.99. The third-order valence-electron chi connectivity index (χ3n) is 1.68. The van der Waals surface area contributed by atoms with Crippen LogP contribution in [-0.2, 0) is 0 Å². The van der Waals surface area contributed by atoms with E-state index >= 15 is 0 Å². The number of aromatic nitrogens is 1. The van der Waals surface area contributed by atoms with Gasteiger partial charge in [-0.05, 0) is 12.1 Å². The molecule has 0 aliphatic rings. The van der Waals surface area contributed by atoms with Crippen LogP contribution in [0.2, 0.25) is 0 Å². The molecule has 0 unspecified atom stereocenters. The fraction of sp³-hybridized carbons (Fsp3) is 0.500. The summed E-state index contributed by atoms with van der Waals surface area (Å²) in [6.07, 6.45) is 3.47. The highest BCUT2D eigenvalue weighted by molar-refractivity contribution is 5.16. The van der Waals surface area contributed by atoms with Crippen LogP contribution < -0.4 is 4.74 Å². The Balaban J connectivity index is 2.29. The monoisotopic (exact) mass is 181 g/mol. The van der Waals surface area contributed by atoms with E-state index in [2.05, 4.69) is 26.1 Å². The molecule has 0 radical (unpaired) electrons. The lowest BCUT2D eigenvalue weighted by molar-refractivity contribution is -0.870. The number of ether oxygens (including phenoxy) is 1. The molecule has 0 aliphatic heterocycles. The highest BCUT2D eigenvalue weighted by Gasteiger charge is 2.05. The van der Waals surface area contributed by atoms with Gasteiger partial charge in [0.25, 0.3) is 0 Å². The second-order valence-electron chi connectivity index (χ2n) is 4.05. The van der Waals surface area contributed by atoms with Gasteiger partial charge in [0, 0.05) is 12.4 Å². The largest absolute Gasteiger partial charge is 0.488 e. The molecular weight excluding hydrogens is 164 g/mol. The molecule has 0 N–H and O–H groups in total. The van der Waals surface area contributed by atoms with Crippen molar-refractivity contribution >= 4 is 0 Å². The van der Waals surface area contributed by atoms with Crippen molar-refractivity contribution in [1.82, 2.24) is 4.98 Å². The average Bonchev–Trinajstić information content (AvgIpc) is 2.04. The zero-order valence-electron chi connectivity index (χ0n) is 8.53. The number of hydrogen-bond acceptors (Lipinski definition) is 2. The Bertz CT molecular complexity index is 241. The molecule has 0 aliphatic carbocycles. The van der Waals surface area contributed by atoms with Crippen molar-refractivity contribution in [2.75, 3.05) is 34.3 Å². The number of pyridine rings is 1. The lowest BCUT2D eigenvalue weighted by atomic mass is 10.4. The van der Waals surface area contributed by atoms with Crippen molar-refractivity contribution in [2.24, 2.45) is 0 Å². The Morgan fingerprint density at radius 1 is 1.23 bits per heavy atom. The predicted octanol–water partition coefficient (Wildman–Crippen LogP) is 1.17. The summed E-state index contributed by atoms with van der Waals surface area (Å²) in [5.74, 6) is 0.892. The molecule has 1 aromatic heterocycles. The molecule has 0 amide bonds. The van der Waals surface area contributed by atoms with E-state index in [4.69, 9.17) is 4.74 Å². The Hall–Kier alpha value is -1.09. The second kappa shape index (κ2) is 4.23. The highest BCUT2D eigenvalue weighted by atomic mass is 16.5. The summed E-state index contributed by atoms with van der Waals surface area (Å²) in [6, 6.07) is 3.74. The van der Waals surface area contributed by atoms with Crippen molar-refractivity contribution in [2.45, 2.75) is 0 Å². The summed E-state index contributed by atoms with van der Waals surface area (Å²) in [6.45, 7) is 1.75. The van der Waals surface area contributed by atoms with E-state index in [1.807, 2.05) is 12.1 Å². The zero-order chi connectivity index (χ0) is 9.73. The number of quaternary nitrogens is 1. The summed E-state index contributed by atoms with van der Waals surface area (Å²) in [5.41, 5.74) is 0. The molecule has 3 heteroatoms. The van der Waals surface area contributed by atoms with E-state index in [9.17, 15) is 0 Å². The minimum Gasteiger partial charge on any atom is -0.488 e. The van der Waals surface area contributed by atoms with E-state index in [1.165, 1.54) is 0 Å². The van der Waals surface area contributed by atoms with Gasteiger partial charge in [0.2, 0.25) is 0 Å². The van der Waals surface area contributed by atoms with E-state index in [-0.39, 0.29) is 0 Å². The fourth-order valence-electron chi connectivity index (χ4n) is 0.872. The van der Waals surface area contributed by atoms with Crippen LogP contribution in [0.15, 0.2) is 24.5 Å². The van der Waals surface area contributed by atoms with Gasteiger partial charge in [0.15, 0.2) is 0 Å². The molecule has 0 atom stereocenters. The van der Waals surface area contributed by atoms with Crippen LogP contribution in [0.25, 0.3) is 0 Å². The van der Waals surface area contributed by atoms with Crippen molar-refractivity contribution in [3.8, 4) is 5.75 Å². The molecule has 0 aromatic carbocycles. The standard InChI is InChI=1S/C10H17N2O/c1-12(2,3)8-9-13-10-4-6-11-7-5-10/h4-7H,8-9H2,1-3H3/q+1. The van der Waals surface area contributed by atoms with Gasteiger partial charge in [0.1, 0.15) is 18.9 Å². The van der Waals surface area contributed by atoms with Gasteiger partial charge in [-0.1, -0.05) is 0 Å². The average molecular weight is 181 g/mol. The van der Waals surface area contributed by atoms with Crippen LogP contribution in [0.1, 0.15) is 0 Å². The fourth-order valence-corrected chi connectivity index (χ4v) is 0.872. The van der Waals surface area contributed by atoms with Gasteiger partial charge < -0.3 is 9.22 Å². The molecule has 0 fully saturated rings. The minimum absolute atomic E-state index is 0.744. The zero-order valence-corrected chi connectivity index (χ0v) is 8.53. The van der Waals surface area contributed by atoms with Crippen LogP contribution >= 0.6 is 0 Å². The van der Waals surface area contributed by atoms with Crippen molar-refractivity contribution in [1.29, 1.82) is 0 Å². The van der Waals surface area contributed by atoms with Crippen molar-refractivity contribution in [3.63, 3.8) is 0 Å². The molecule has 0 spiro atoms. The molecule has 1 rings (SSSR count). The molecular formula is C10H17N2O+. The smallest absolute Gasteiger partial charge is 0.137 e. The SMILES string of the molecule is C[N+](C)(C)CCOc1ccncc1. The summed E-state index contributed by atoms with van der Waals surface area (Å²) in [5, 5.41) is 0. The molecule has 0 bridgehead atoms. The predicted molar refractivity (Wildman–Crippen MR) is 52.6 cm³/mol. The molecule has 3 nitrogen and oxygen atoms in total. The quantitative estimate of drug-likeness (QED) is 0.650. The number of likely N-dealkylation sites (N-methyl/N-ethyl adjacent to an activating group) is 1. The van der Waals surface area contributed by atoms with Crippen molar-refractivity contribution in [3.05, 3.63) is 24.5 Å². The van der Waals surface area contributed by atoms with Crippen LogP contribution in [0.3, 0.4) is 0 Å². The van der Waals surface area contributed by atoms with Gasteiger partial charge >= 0.3 is 0 Å². The molecule has 1 aromatic rings. The normalized spacial score (nSPS) is 11.3. The highest BCUT2D eigenvalue weighted by Crippen LogP contribution is 2.06. The van der Waals surface area contributed by atoms with Gasteiger partial charge in [-0.25, -0.2) is 0 Å².